The number of rotatable bonds is 5. The first-order chi connectivity index (χ1) is 9.95. The van der Waals surface area contributed by atoms with Crippen molar-refractivity contribution in [2.45, 2.75) is 70.9 Å². The molecule has 1 saturated heterocycles. The van der Waals surface area contributed by atoms with Crippen LogP contribution in [-0.2, 0) is 19.9 Å². The van der Waals surface area contributed by atoms with E-state index in [4.69, 9.17) is 0 Å². The van der Waals surface area contributed by atoms with Crippen LogP contribution in [0.25, 0.3) is 0 Å². The molecule has 0 amide bonds. The Kier molecular flexibility index (Phi) is 5.44. The molecule has 0 bridgehead atoms. The first-order valence-electron chi connectivity index (χ1n) is 8.40. The second-order valence-corrected chi connectivity index (χ2v) is 6.88. The zero-order valence-corrected chi connectivity index (χ0v) is 14.1. The van der Waals surface area contributed by atoms with E-state index in [1.54, 1.807) is 0 Å². The predicted octanol–water partition coefficient (Wildman–Crippen LogP) is 2.54. The van der Waals surface area contributed by atoms with Crippen molar-refractivity contribution >= 4 is 0 Å². The molecule has 1 N–H and O–H groups in total. The van der Waals surface area contributed by atoms with E-state index in [0.717, 1.165) is 30.9 Å². The average molecular weight is 293 g/mol. The van der Waals surface area contributed by atoms with Crippen LogP contribution in [0, 0.1) is 0 Å². The third-order valence-corrected chi connectivity index (χ3v) is 5.03. The van der Waals surface area contributed by atoms with Gasteiger partial charge in [0.2, 0.25) is 0 Å². The fourth-order valence-corrected chi connectivity index (χ4v) is 3.24. The summed E-state index contributed by atoms with van der Waals surface area (Å²) in [5.41, 5.74) is 2.05. The van der Waals surface area contributed by atoms with Gasteiger partial charge in [-0.25, -0.2) is 0 Å². The van der Waals surface area contributed by atoms with Gasteiger partial charge in [0.1, 0.15) is 0 Å². The van der Waals surface area contributed by atoms with Crippen LogP contribution in [0.5, 0.6) is 0 Å². The monoisotopic (exact) mass is 293 g/mol. The van der Waals surface area contributed by atoms with Crippen molar-refractivity contribution in [2.24, 2.45) is 7.05 Å². The maximum Gasteiger partial charge on any atom is 0.0773 e. The topological polar surface area (TPSA) is 41.3 Å². The lowest BCUT2D eigenvalue weighted by molar-refractivity contribution is -0.00874. The minimum atomic E-state index is -0.365. The van der Waals surface area contributed by atoms with Crippen molar-refractivity contribution in [3.8, 4) is 0 Å². The van der Waals surface area contributed by atoms with Gasteiger partial charge in [0.05, 0.1) is 11.8 Å². The molecule has 0 spiro atoms. The Balaban J connectivity index is 2.05. The lowest BCUT2D eigenvalue weighted by Crippen LogP contribution is -2.53. The van der Waals surface area contributed by atoms with E-state index < -0.39 is 0 Å². The Bertz CT molecular complexity index is 445. The number of hydrogen-bond acceptors (Lipinski definition) is 3. The minimum absolute atomic E-state index is 0.180. The second kappa shape index (κ2) is 6.93. The SMILES string of the molecule is CCc1cc(CC(O)C(C)(C)N2CCCCCC2)n(C)n1. The summed E-state index contributed by atoms with van der Waals surface area (Å²) in [6, 6.07) is 2.13. The van der Waals surface area contributed by atoms with Gasteiger partial charge in [-0.1, -0.05) is 19.8 Å². The lowest BCUT2D eigenvalue weighted by Gasteiger charge is -2.41. The number of aliphatic hydroxyl groups is 1. The number of aliphatic hydroxyl groups excluding tert-OH is 1. The molecule has 21 heavy (non-hydrogen) atoms. The highest BCUT2D eigenvalue weighted by atomic mass is 16.3. The smallest absolute Gasteiger partial charge is 0.0773 e. The molecule has 2 rings (SSSR count). The molecule has 0 aliphatic carbocycles. The van der Waals surface area contributed by atoms with Crippen LogP contribution >= 0.6 is 0 Å². The molecular formula is C17H31N3O. The maximum atomic E-state index is 10.8. The highest BCUT2D eigenvalue weighted by Gasteiger charge is 2.34. The van der Waals surface area contributed by atoms with Gasteiger partial charge in [0.25, 0.3) is 0 Å². The van der Waals surface area contributed by atoms with Crippen molar-refractivity contribution < 1.29 is 5.11 Å². The lowest BCUT2D eigenvalue weighted by atomic mass is 9.91. The summed E-state index contributed by atoms with van der Waals surface area (Å²) in [6.07, 6.45) is 6.40. The van der Waals surface area contributed by atoms with Gasteiger partial charge in [-0.05, 0) is 52.3 Å². The van der Waals surface area contributed by atoms with E-state index in [1.807, 2.05) is 11.7 Å². The molecule has 1 unspecified atom stereocenters. The highest BCUT2D eigenvalue weighted by molar-refractivity contribution is 5.12. The van der Waals surface area contributed by atoms with Gasteiger partial charge in [-0.15, -0.1) is 0 Å². The second-order valence-electron chi connectivity index (χ2n) is 6.88. The van der Waals surface area contributed by atoms with E-state index in [9.17, 15) is 5.11 Å². The standard InChI is InChI=1S/C17H31N3O/c1-5-14-12-15(19(4)18-14)13-16(21)17(2,3)20-10-8-6-7-9-11-20/h12,16,21H,5-11,13H2,1-4H3. The molecule has 1 fully saturated rings. The Hall–Kier alpha value is -0.870. The third kappa shape index (κ3) is 3.86. The van der Waals surface area contributed by atoms with Gasteiger partial charge in [-0.2, -0.15) is 5.10 Å². The molecule has 0 aromatic carbocycles. The molecule has 120 valence electrons. The summed E-state index contributed by atoms with van der Waals surface area (Å²) in [4.78, 5) is 2.47. The summed E-state index contributed by atoms with van der Waals surface area (Å²) in [7, 11) is 1.97. The molecule has 4 nitrogen and oxygen atoms in total. The zero-order valence-electron chi connectivity index (χ0n) is 14.1. The number of likely N-dealkylation sites (tertiary alicyclic amines) is 1. The largest absolute Gasteiger partial charge is 0.391 e. The van der Waals surface area contributed by atoms with Gasteiger partial charge in [-0.3, -0.25) is 9.58 Å². The van der Waals surface area contributed by atoms with Crippen LogP contribution in [-0.4, -0.2) is 44.5 Å². The molecule has 1 aliphatic heterocycles. The molecular weight excluding hydrogens is 262 g/mol. The first kappa shape index (κ1) is 16.5. The van der Waals surface area contributed by atoms with Crippen LogP contribution < -0.4 is 0 Å². The van der Waals surface area contributed by atoms with Crippen LogP contribution in [0.2, 0.25) is 0 Å². The number of hydrogen-bond donors (Lipinski definition) is 1. The molecule has 0 saturated carbocycles. The molecule has 4 heteroatoms. The summed E-state index contributed by atoms with van der Waals surface area (Å²) in [5, 5.41) is 15.3. The minimum Gasteiger partial charge on any atom is -0.391 e. The van der Waals surface area contributed by atoms with E-state index in [1.165, 1.54) is 25.7 Å². The van der Waals surface area contributed by atoms with Gasteiger partial charge < -0.3 is 5.11 Å². The van der Waals surface area contributed by atoms with Crippen molar-refractivity contribution in [3.63, 3.8) is 0 Å². The Morgan fingerprint density at radius 2 is 1.86 bits per heavy atom. The molecule has 0 radical (unpaired) electrons. The number of aryl methyl sites for hydroxylation is 2. The molecule has 1 aromatic rings. The van der Waals surface area contributed by atoms with Crippen LogP contribution in [0.4, 0.5) is 0 Å². The van der Waals surface area contributed by atoms with Crippen LogP contribution in [0.15, 0.2) is 6.07 Å². The van der Waals surface area contributed by atoms with E-state index in [2.05, 4.69) is 36.8 Å². The van der Waals surface area contributed by atoms with Gasteiger partial charge >= 0.3 is 0 Å². The fraction of sp³-hybridized carbons (Fsp3) is 0.824. The van der Waals surface area contributed by atoms with Crippen molar-refractivity contribution in [1.82, 2.24) is 14.7 Å². The van der Waals surface area contributed by atoms with E-state index in [0.29, 0.717) is 6.42 Å². The highest BCUT2D eigenvalue weighted by Crippen LogP contribution is 2.25. The van der Waals surface area contributed by atoms with Crippen molar-refractivity contribution in [3.05, 3.63) is 17.5 Å². The molecule has 1 atom stereocenters. The summed E-state index contributed by atoms with van der Waals surface area (Å²) < 4.78 is 1.92. The Morgan fingerprint density at radius 3 is 2.38 bits per heavy atom. The molecule has 2 heterocycles. The predicted molar refractivity (Wildman–Crippen MR) is 86.4 cm³/mol. The van der Waals surface area contributed by atoms with Gasteiger partial charge in [0, 0.05) is 24.7 Å². The van der Waals surface area contributed by atoms with Gasteiger partial charge in [0.15, 0.2) is 0 Å². The van der Waals surface area contributed by atoms with Crippen molar-refractivity contribution in [1.29, 1.82) is 0 Å². The maximum absolute atomic E-state index is 10.8. The molecule has 1 aliphatic rings. The van der Waals surface area contributed by atoms with Crippen molar-refractivity contribution in [2.75, 3.05) is 13.1 Å². The zero-order chi connectivity index (χ0) is 15.5. The quantitative estimate of drug-likeness (QED) is 0.907. The number of aromatic nitrogens is 2. The third-order valence-electron chi connectivity index (χ3n) is 5.03. The summed E-state index contributed by atoms with van der Waals surface area (Å²) in [5.74, 6) is 0. The first-order valence-corrected chi connectivity index (χ1v) is 8.40. The number of nitrogens with zero attached hydrogens (tertiary/aromatic N) is 3. The summed E-state index contributed by atoms with van der Waals surface area (Å²) in [6.45, 7) is 8.69. The Morgan fingerprint density at radius 1 is 1.24 bits per heavy atom. The van der Waals surface area contributed by atoms with E-state index >= 15 is 0 Å². The average Bonchev–Trinajstić information content (AvgIpc) is 2.68. The summed E-state index contributed by atoms with van der Waals surface area (Å²) >= 11 is 0. The normalized spacial score (nSPS) is 19.5. The Labute approximate surface area is 129 Å². The fourth-order valence-electron chi connectivity index (χ4n) is 3.24. The molecule has 1 aromatic heterocycles. The van der Waals surface area contributed by atoms with Crippen LogP contribution in [0.1, 0.15) is 57.8 Å². The van der Waals surface area contributed by atoms with E-state index in [-0.39, 0.29) is 11.6 Å². The van der Waals surface area contributed by atoms with Crippen LogP contribution in [0.3, 0.4) is 0 Å².